The molecule has 0 heterocycles. The third-order valence-electron chi connectivity index (χ3n) is 0. The molecule has 0 aliphatic heterocycles. The van der Waals surface area contributed by atoms with Crippen molar-refractivity contribution in [3.63, 3.8) is 0 Å². The molecule has 0 amide bonds. The SMILES string of the molecule is [O]=[Ir].[Pd].[Rh]. The summed E-state index contributed by atoms with van der Waals surface area (Å²) >= 11 is 0.750. The molecule has 0 fully saturated rings. The van der Waals surface area contributed by atoms with Crippen molar-refractivity contribution >= 4 is 0 Å². The van der Waals surface area contributed by atoms with E-state index in [1.54, 1.807) is 0 Å². The molecule has 4 heavy (non-hydrogen) atoms. The van der Waals surface area contributed by atoms with E-state index in [-0.39, 0.29) is 39.9 Å². The van der Waals surface area contributed by atoms with Gasteiger partial charge in [0.2, 0.25) is 0 Å². The predicted octanol–water partition coefficient (Wildman–Crippen LogP) is -0.126. The van der Waals surface area contributed by atoms with Crippen LogP contribution in [-0.2, 0) is 62.3 Å². The van der Waals surface area contributed by atoms with Crippen LogP contribution in [0.2, 0.25) is 0 Å². The maximum absolute atomic E-state index is 8.25. The fourth-order valence-corrected chi connectivity index (χ4v) is 0. The zero-order chi connectivity index (χ0) is 2.00. The maximum atomic E-state index is 8.25. The Bertz CT molecular complexity index is 8.00. The van der Waals surface area contributed by atoms with Gasteiger partial charge in [-0.1, -0.05) is 0 Å². The average Bonchev–Trinajstić information content (AvgIpc) is 1.00. The van der Waals surface area contributed by atoms with Crippen LogP contribution in [0.3, 0.4) is 0 Å². The zero-order valence-corrected chi connectivity index (χ0v) is 6.98. The van der Waals surface area contributed by atoms with Gasteiger partial charge in [-0.15, -0.1) is 0 Å². The molecule has 0 aromatic rings. The minimum atomic E-state index is 0. The van der Waals surface area contributed by atoms with E-state index in [2.05, 4.69) is 0 Å². The Kier molecular flexibility index (Phi) is 94.3. The topological polar surface area (TPSA) is 17.1 Å². The summed E-state index contributed by atoms with van der Waals surface area (Å²) in [5.41, 5.74) is 0. The Morgan fingerprint density at radius 3 is 1.25 bits per heavy atom. The summed E-state index contributed by atoms with van der Waals surface area (Å²) in [5.74, 6) is 0. The Morgan fingerprint density at radius 1 is 1.25 bits per heavy atom. The molecule has 34 valence electrons. The summed E-state index contributed by atoms with van der Waals surface area (Å²) in [6.07, 6.45) is 0. The predicted molar refractivity (Wildman–Crippen MR) is 0.686 cm³/mol. The van der Waals surface area contributed by atoms with Gasteiger partial charge in [0.1, 0.15) is 0 Å². The van der Waals surface area contributed by atoms with Gasteiger partial charge in [-0.05, 0) is 0 Å². The average molecular weight is 418 g/mol. The van der Waals surface area contributed by atoms with Crippen molar-refractivity contribution in [2.24, 2.45) is 0 Å². The molecule has 0 saturated carbocycles. The van der Waals surface area contributed by atoms with E-state index in [4.69, 9.17) is 3.50 Å². The third-order valence-corrected chi connectivity index (χ3v) is 0. The van der Waals surface area contributed by atoms with Gasteiger partial charge >= 0.3 is 22.4 Å². The normalized spacial score (nSPS) is 1.25. The van der Waals surface area contributed by atoms with E-state index < -0.39 is 0 Å². The summed E-state index contributed by atoms with van der Waals surface area (Å²) in [7, 11) is 0. The monoisotopic (exact) mass is 418 g/mol. The number of hydrogen-bond acceptors (Lipinski definition) is 1. The molecule has 0 unspecified atom stereocenters. The Labute approximate surface area is 61.8 Å². The van der Waals surface area contributed by atoms with Crippen molar-refractivity contribution in [2.75, 3.05) is 0 Å². The second kappa shape index (κ2) is 21.9. The van der Waals surface area contributed by atoms with Crippen LogP contribution in [0.5, 0.6) is 0 Å². The minimum Gasteiger partial charge on any atom is 0 e. The van der Waals surface area contributed by atoms with Gasteiger partial charge in [0.05, 0.1) is 0 Å². The molecule has 0 N–H and O–H groups in total. The molecule has 0 aliphatic rings. The quantitative estimate of drug-likeness (QED) is 0.502. The summed E-state index contributed by atoms with van der Waals surface area (Å²) in [4.78, 5) is 0. The largest absolute Gasteiger partial charge is 0 e. The molecule has 1 nitrogen and oxygen atoms in total. The first kappa shape index (κ1) is 17.2. The van der Waals surface area contributed by atoms with Gasteiger partial charge in [0, 0.05) is 39.9 Å². The second-order valence-electron chi connectivity index (χ2n) is 0. The van der Waals surface area contributed by atoms with Crippen LogP contribution in [0, 0.1) is 0 Å². The van der Waals surface area contributed by atoms with E-state index in [9.17, 15) is 0 Å². The fraction of sp³-hybridized carbons (Fsp3) is 0. The van der Waals surface area contributed by atoms with Crippen LogP contribution in [0.15, 0.2) is 0 Å². The first-order chi connectivity index (χ1) is 1.00. The third kappa shape index (κ3) is 9.28. The smallest absolute Gasteiger partial charge is 0 e. The summed E-state index contributed by atoms with van der Waals surface area (Å²) < 4.78 is 8.25. The van der Waals surface area contributed by atoms with Crippen LogP contribution >= 0.6 is 0 Å². The van der Waals surface area contributed by atoms with Gasteiger partial charge in [0.25, 0.3) is 0 Å². The van der Waals surface area contributed by atoms with Crippen molar-refractivity contribution in [1.82, 2.24) is 0 Å². The second-order valence-corrected chi connectivity index (χ2v) is 0. The molecule has 0 saturated heterocycles. The van der Waals surface area contributed by atoms with Crippen LogP contribution in [-0.4, -0.2) is 0 Å². The van der Waals surface area contributed by atoms with Crippen molar-refractivity contribution in [3.8, 4) is 0 Å². The van der Waals surface area contributed by atoms with Crippen LogP contribution in [0.1, 0.15) is 0 Å². The van der Waals surface area contributed by atoms with Crippen molar-refractivity contribution in [2.45, 2.75) is 0 Å². The van der Waals surface area contributed by atoms with Gasteiger partial charge < -0.3 is 0 Å². The van der Waals surface area contributed by atoms with E-state index in [0.29, 0.717) is 0 Å². The maximum Gasteiger partial charge on any atom is 0 e. The zero-order valence-electron chi connectivity index (χ0n) is 1.39. The van der Waals surface area contributed by atoms with Gasteiger partial charge in [-0.25, -0.2) is 0 Å². The van der Waals surface area contributed by atoms with Gasteiger partial charge in [-0.3, -0.25) is 0 Å². The Balaban J connectivity index is -0.00000000500. The summed E-state index contributed by atoms with van der Waals surface area (Å²) in [5, 5.41) is 0. The van der Waals surface area contributed by atoms with Crippen molar-refractivity contribution < 1.29 is 62.3 Å². The van der Waals surface area contributed by atoms with E-state index >= 15 is 0 Å². The molecule has 0 bridgehead atoms. The van der Waals surface area contributed by atoms with Crippen LogP contribution < -0.4 is 0 Å². The first-order valence-corrected chi connectivity index (χ1v) is 1.11. The van der Waals surface area contributed by atoms with Crippen molar-refractivity contribution in [3.05, 3.63) is 0 Å². The molecular weight excluding hydrogens is 418 g/mol. The first-order valence-electron chi connectivity index (χ1n) is 0.136. The van der Waals surface area contributed by atoms with Gasteiger partial charge in [-0.2, -0.15) is 0 Å². The fourth-order valence-electron chi connectivity index (χ4n) is 0. The molecule has 0 rings (SSSR count). The Hall–Kier alpha value is 1.74. The molecule has 0 aromatic carbocycles. The van der Waals surface area contributed by atoms with Crippen LogP contribution in [0.4, 0.5) is 0 Å². The summed E-state index contributed by atoms with van der Waals surface area (Å²) in [6, 6.07) is 0. The minimum absolute atomic E-state index is 0. The Morgan fingerprint density at radius 2 is 1.25 bits per heavy atom. The number of hydrogen-bond donors (Lipinski definition) is 0. The standard InChI is InChI=1S/Ir.O.Pd.Rh. The molecule has 0 aromatic heterocycles. The molecule has 1 radical (unpaired) electrons. The summed E-state index contributed by atoms with van der Waals surface area (Å²) in [6.45, 7) is 0. The van der Waals surface area contributed by atoms with Gasteiger partial charge in [0.15, 0.2) is 0 Å². The van der Waals surface area contributed by atoms with E-state index in [1.807, 2.05) is 0 Å². The molecular formula is IrOPdRh. The van der Waals surface area contributed by atoms with E-state index in [0.717, 1.165) is 18.9 Å². The van der Waals surface area contributed by atoms with E-state index in [1.165, 1.54) is 0 Å². The molecule has 4 heteroatoms. The number of rotatable bonds is 0. The molecule has 0 aliphatic carbocycles. The van der Waals surface area contributed by atoms with Crippen LogP contribution in [0.25, 0.3) is 0 Å². The molecule has 0 spiro atoms. The van der Waals surface area contributed by atoms with Crippen molar-refractivity contribution in [1.29, 1.82) is 0 Å². The molecule has 0 atom stereocenters.